The van der Waals surface area contributed by atoms with E-state index in [1.54, 1.807) is 0 Å². The minimum Gasteiger partial charge on any atom is -0.858 e. The molecule has 0 radical (unpaired) electrons. The van der Waals surface area contributed by atoms with Gasteiger partial charge in [-0.05, 0) is 40.8 Å². The highest BCUT2D eigenvalue weighted by Crippen LogP contribution is 2.12. The summed E-state index contributed by atoms with van der Waals surface area (Å²) >= 11 is 1.88. The van der Waals surface area contributed by atoms with Crippen molar-refractivity contribution in [3.63, 3.8) is 0 Å². The molecule has 0 aliphatic heterocycles. The van der Waals surface area contributed by atoms with Crippen LogP contribution in [0.1, 0.15) is 5.56 Å². The van der Waals surface area contributed by atoms with Gasteiger partial charge in [0.05, 0.1) is 6.26 Å². The Kier molecular flexibility index (Phi) is 3.66. The zero-order valence-electron chi connectivity index (χ0n) is 7.57. The first-order valence-electron chi connectivity index (χ1n) is 3.72. The van der Waals surface area contributed by atoms with E-state index in [1.165, 1.54) is 12.1 Å². The van der Waals surface area contributed by atoms with Crippen LogP contribution in [0, 0.1) is 9.39 Å². The second kappa shape index (κ2) is 4.44. The fourth-order valence-electron chi connectivity index (χ4n) is 0.861. The summed E-state index contributed by atoms with van der Waals surface area (Å²) < 4.78 is 38.0. The Bertz CT molecular complexity index is 513. The van der Waals surface area contributed by atoms with Crippen LogP contribution in [-0.4, -0.2) is 20.6 Å². The molecular weight excluding hydrogens is 336 g/mol. The highest BCUT2D eigenvalue weighted by Gasteiger charge is 2.05. The quantitative estimate of drug-likeness (QED) is 0.446. The minimum absolute atomic E-state index is 0.340. The van der Waals surface area contributed by atoms with Gasteiger partial charge in [0.25, 0.3) is 0 Å². The summed E-state index contributed by atoms with van der Waals surface area (Å²) in [6.45, 7) is 0. The molecule has 1 aromatic carbocycles. The molecule has 0 aliphatic rings. The fraction of sp³-hybridized carbons (Fsp3) is 0.125. The first-order valence-corrected chi connectivity index (χ1v) is 6.64. The molecule has 0 heterocycles. The molecule has 0 atom stereocenters. The van der Waals surface area contributed by atoms with Crippen molar-refractivity contribution in [3.8, 4) is 0 Å². The van der Waals surface area contributed by atoms with Gasteiger partial charge >= 0.3 is 0 Å². The average molecular weight is 342 g/mol. The smallest absolute Gasteiger partial charge is 0.249 e. The second-order valence-corrected chi connectivity index (χ2v) is 5.65. The van der Waals surface area contributed by atoms with Gasteiger partial charge in [0, 0.05) is 15.0 Å². The third-order valence-corrected chi connectivity index (χ3v) is 2.58. The monoisotopic (exact) mass is 342 g/mol. The van der Waals surface area contributed by atoms with Crippen LogP contribution in [0.5, 0.6) is 0 Å². The molecule has 4 nitrogen and oxygen atoms in total. The fourth-order valence-corrected chi connectivity index (χ4v) is 1.75. The van der Waals surface area contributed by atoms with Crippen LogP contribution in [0.3, 0.4) is 0 Å². The number of sulfonamides is 1. The molecule has 0 unspecified atom stereocenters. The maximum Gasteiger partial charge on any atom is 0.249 e. The molecular formula is C8H6FINO3S-. The third-order valence-electron chi connectivity index (χ3n) is 1.41. The molecule has 82 valence electrons. The van der Waals surface area contributed by atoms with Crippen molar-refractivity contribution in [2.45, 2.75) is 0 Å². The Balaban J connectivity index is 3.28. The summed E-state index contributed by atoms with van der Waals surface area (Å²) in [6.07, 6.45) is 0.775. The lowest BCUT2D eigenvalue weighted by molar-refractivity contribution is -0.212. The standard InChI is InChI=1S/C8H7FINO3S/c1-15(13,14)11-8(12)6-4-5(10)2-3-7(6)9/h2-4H,1H3,(H,11,12)/p-1. The van der Waals surface area contributed by atoms with Gasteiger partial charge in [-0.2, -0.15) is 4.40 Å². The topological polar surface area (TPSA) is 69.6 Å². The molecule has 0 fully saturated rings. The predicted octanol–water partition coefficient (Wildman–Crippen LogP) is 0.497. The summed E-state index contributed by atoms with van der Waals surface area (Å²) in [6, 6.07) is 3.80. The largest absolute Gasteiger partial charge is 0.858 e. The van der Waals surface area contributed by atoms with E-state index in [1.807, 2.05) is 22.6 Å². The van der Waals surface area contributed by atoms with Crippen molar-refractivity contribution in [3.05, 3.63) is 33.1 Å². The molecule has 0 spiro atoms. The molecule has 0 amide bonds. The highest BCUT2D eigenvalue weighted by atomic mass is 127. The van der Waals surface area contributed by atoms with E-state index < -0.39 is 21.7 Å². The Morgan fingerprint density at radius 3 is 2.67 bits per heavy atom. The van der Waals surface area contributed by atoms with E-state index >= 15 is 0 Å². The minimum atomic E-state index is -3.79. The lowest BCUT2D eigenvalue weighted by Crippen LogP contribution is -2.22. The number of benzene rings is 1. The first-order chi connectivity index (χ1) is 6.79. The van der Waals surface area contributed by atoms with Crippen molar-refractivity contribution < 1.29 is 17.9 Å². The molecule has 0 saturated carbocycles. The Morgan fingerprint density at radius 1 is 1.53 bits per heavy atom. The van der Waals surface area contributed by atoms with Crippen LogP contribution in [-0.2, 0) is 10.0 Å². The Morgan fingerprint density at radius 2 is 2.13 bits per heavy atom. The number of nitrogens with zero attached hydrogens (tertiary/aromatic N) is 1. The van der Waals surface area contributed by atoms with Crippen LogP contribution >= 0.6 is 22.6 Å². The molecule has 0 aromatic heterocycles. The highest BCUT2D eigenvalue weighted by molar-refractivity contribution is 14.1. The van der Waals surface area contributed by atoms with Gasteiger partial charge in [-0.25, -0.2) is 12.8 Å². The summed E-state index contributed by atoms with van der Waals surface area (Å²) in [5.41, 5.74) is -0.340. The van der Waals surface area contributed by atoms with E-state index in [0.717, 1.165) is 12.3 Å². The Labute approximate surface area is 100 Å². The van der Waals surface area contributed by atoms with Crippen molar-refractivity contribution in [1.29, 1.82) is 0 Å². The van der Waals surface area contributed by atoms with E-state index in [9.17, 15) is 17.9 Å². The SMILES string of the molecule is CS(=O)(=O)/N=C(\[O-])c1cc(I)ccc1F. The normalized spacial score (nSPS) is 12.9. The third kappa shape index (κ3) is 3.74. The van der Waals surface area contributed by atoms with Gasteiger partial charge in [0.15, 0.2) is 0 Å². The maximum atomic E-state index is 13.1. The van der Waals surface area contributed by atoms with Crippen LogP contribution in [0.15, 0.2) is 22.6 Å². The van der Waals surface area contributed by atoms with Crippen LogP contribution in [0.25, 0.3) is 0 Å². The summed E-state index contributed by atoms with van der Waals surface area (Å²) in [4.78, 5) is 0. The van der Waals surface area contributed by atoms with E-state index in [4.69, 9.17) is 0 Å². The molecule has 0 bridgehead atoms. The maximum absolute atomic E-state index is 13.1. The average Bonchev–Trinajstić information content (AvgIpc) is 2.06. The van der Waals surface area contributed by atoms with Gasteiger partial charge < -0.3 is 5.11 Å². The van der Waals surface area contributed by atoms with Gasteiger partial charge in [0.1, 0.15) is 5.82 Å². The molecule has 1 aromatic rings. The van der Waals surface area contributed by atoms with Crippen LogP contribution in [0.2, 0.25) is 0 Å². The zero-order chi connectivity index (χ0) is 11.6. The van der Waals surface area contributed by atoms with Gasteiger partial charge in [-0.1, -0.05) is 0 Å². The number of rotatable bonds is 2. The van der Waals surface area contributed by atoms with Crippen LogP contribution < -0.4 is 5.11 Å². The summed E-state index contributed by atoms with van der Waals surface area (Å²) in [5.74, 6) is -1.87. The zero-order valence-corrected chi connectivity index (χ0v) is 10.5. The number of hydrogen-bond acceptors (Lipinski definition) is 3. The molecule has 15 heavy (non-hydrogen) atoms. The van der Waals surface area contributed by atoms with E-state index in [0.29, 0.717) is 3.57 Å². The molecule has 7 heteroatoms. The van der Waals surface area contributed by atoms with E-state index in [2.05, 4.69) is 4.40 Å². The lowest BCUT2D eigenvalue weighted by Gasteiger charge is -2.10. The number of hydrogen-bond donors (Lipinski definition) is 0. The van der Waals surface area contributed by atoms with Gasteiger partial charge in [-0.15, -0.1) is 0 Å². The van der Waals surface area contributed by atoms with Gasteiger partial charge in [-0.3, -0.25) is 0 Å². The van der Waals surface area contributed by atoms with Gasteiger partial charge in [0.2, 0.25) is 10.0 Å². The van der Waals surface area contributed by atoms with E-state index in [-0.39, 0.29) is 5.56 Å². The molecule has 0 saturated heterocycles. The van der Waals surface area contributed by atoms with Crippen molar-refractivity contribution >= 4 is 38.5 Å². The first kappa shape index (κ1) is 12.4. The molecule has 0 N–H and O–H groups in total. The molecule has 1 rings (SSSR count). The van der Waals surface area contributed by atoms with Crippen LogP contribution in [0.4, 0.5) is 4.39 Å². The van der Waals surface area contributed by atoms with Crippen molar-refractivity contribution in [2.24, 2.45) is 4.40 Å². The lowest BCUT2D eigenvalue weighted by atomic mass is 10.2. The predicted molar refractivity (Wildman–Crippen MR) is 60.5 cm³/mol. The Hall–Kier alpha value is -0.700. The van der Waals surface area contributed by atoms with Crippen molar-refractivity contribution in [1.82, 2.24) is 0 Å². The second-order valence-electron chi connectivity index (χ2n) is 2.75. The molecule has 0 aliphatic carbocycles. The van der Waals surface area contributed by atoms with Crippen molar-refractivity contribution in [2.75, 3.05) is 6.26 Å². The summed E-state index contributed by atoms with van der Waals surface area (Å²) in [5, 5.41) is 11.2. The summed E-state index contributed by atoms with van der Waals surface area (Å²) in [7, 11) is -3.79. The number of halogens is 2.